The Labute approximate surface area is 157 Å². The molecule has 2 fully saturated rings. The monoisotopic (exact) mass is 359 g/mol. The second kappa shape index (κ2) is 9.40. The molecule has 26 heavy (non-hydrogen) atoms. The van der Waals surface area contributed by atoms with E-state index in [0.29, 0.717) is 17.7 Å². The van der Waals surface area contributed by atoms with Crippen molar-refractivity contribution in [2.45, 2.75) is 51.4 Å². The Morgan fingerprint density at radius 2 is 1.88 bits per heavy atom. The number of likely N-dealkylation sites (tertiary alicyclic amines) is 1. The van der Waals surface area contributed by atoms with Gasteiger partial charge in [-0.25, -0.2) is 0 Å². The number of carbonyl (C=O) groups is 1. The van der Waals surface area contributed by atoms with Gasteiger partial charge in [0.25, 0.3) is 0 Å². The quantitative estimate of drug-likeness (QED) is 0.731. The van der Waals surface area contributed by atoms with Gasteiger partial charge in [-0.2, -0.15) is 0 Å². The van der Waals surface area contributed by atoms with Gasteiger partial charge in [0.1, 0.15) is 5.75 Å². The van der Waals surface area contributed by atoms with Gasteiger partial charge in [-0.1, -0.05) is 25.0 Å². The van der Waals surface area contributed by atoms with Gasteiger partial charge in [-0.15, -0.1) is 0 Å². The first-order valence-electron chi connectivity index (χ1n) is 10.2. The molecule has 1 aliphatic heterocycles. The van der Waals surface area contributed by atoms with E-state index in [0.717, 1.165) is 44.0 Å². The molecule has 1 aliphatic carbocycles. The Hall–Kier alpha value is -1.55. The minimum Gasteiger partial charge on any atom is -0.497 e. The first-order valence-corrected chi connectivity index (χ1v) is 10.2. The average Bonchev–Trinajstić information content (AvgIpc) is 3.21. The Morgan fingerprint density at radius 3 is 2.54 bits per heavy atom. The summed E-state index contributed by atoms with van der Waals surface area (Å²) in [6.07, 6.45) is 7.08. The first-order chi connectivity index (χ1) is 12.7. The van der Waals surface area contributed by atoms with E-state index >= 15 is 0 Å². The second-order valence-corrected chi connectivity index (χ2v) is 7.75. The zero-order valence-electron chi connectivity index (χ0n) is 16.3. The number of ether oxygens (including phenoxy) is 2. The molecule has 1 aromatic carbocycles. The van der Waals surface area contributed by atoms with E-state index in [-0.39, 0.29) is 5.92 Å². The third kappa shape index (κ3) is 4.59. The van der Waals surface area contributed by atoms with Crippen molar-refractivity contribution >= 4 is 5.91 Å². The zero-order valence-corrected chi connectivity index (χ0v) is 16.3. The molecule has 0 radical (unpaired) electrons. The fourth-order valence-electron chi connectivity index (χ4n) is 4.60. The largest absolute Gasteiger partial charge is 0.497 e. The van der Waals surface area contributed by atoms with E-state index in [2.05, 4.69) is 17.0 Å². The smallest absolute Gasteiger partial charge is 0.230 e. The summed E-state index contributed by atoms with van der Waals surface area (Å²) in [5.41, 5.74) is 1.15. The van der Waals surface area contributed by atoms with Crippen LogP contribution in [-0.2, 0) is 9.53 Å². The molecule has 1 heterocycles. The summed E-state index contributed by atoms with van der Waals surface area (Å²) in [5, 5.41) is 0. The van der Waals surface area contributed by atoms with Crippen LogP contribution >= 0.6 is 0 Å². The molecule has 144 valence electrons. The van der Waals surface area contributed by atoms with Crippen molar-refractivity contribution in [3.05, 3.63) is 29.8 Å². The van der Waals surface area contributed by atoms with Gasteiger partial charge in [-0.3, -0.25) is 4.79 Å². The van der Waals surface area contributed by atoms with Crippen molar-refractivity contribution in [2.24, 2.45) is 11.8 Å². The number of benzene rings is 1. The van der Waals surface area contributed by atoms with Crippen LogP contribution in [0.2, 0.25) is 0 Å². The van der Waals surface area contributed by atoms with Crippen molar-refractivity contribution in [3.63, 3.8) is 0 Å². The van der Waals surface area contributed by atoms with E-state index < -0.39 is 0 Å². The number of hydrogen-bond donors (Lipinski definition) is 0. The van der Waals surface area contributed by atoms with Gasteiger partial charge in [0.05, 0.1) is 19.6 Å². The topological polar surface area (TPSA) is 38.8 Å². The van der Waals surface area contributed by atoms with Crippen LogP contribution in [-0.4, -0.2) is 44.2 Å². The maximum Gasteiger partial charge on any atom is 0.230 e. The third-order valence-corrected chi connectivity index (χ3v) is 6.00. The van der Waals surface area contributed by atoms with Gasteiger partial charge in [0, 0.05) is 19.7 Å². The molecule has 1 aromatic rings. The zero-order chi connectivity index (χ0) is 18.4. The number of piperidine rings is 1. The van der Waals surface area contributed by atoms with Crippen LogP contribution in [0, 0.1) is 11.8 Å². The highest BCUT2D eigenvalue weighted by Crippen LogP contribution is 2.39. The average molecular weight is 360 g/mol. The molecule has 4 heteroatoms. The highest BCUT2D eigenvalue weighted by molar-refractivity contribution is 5.84. The molecule has 2 atom stereocenters. The van der Waals surface area contributed by atoms with Crippen LogP contribution in [0.25, 0.3) is 0 Å². The van der Waals surface area contributed by atoms with Crippen molar-refractivity contribution in [2.75, 3.05) is 33.4 Å². The highest BCUT2D eigenvalue weighted by atomic mass is 16.5. The Morgan fingerprint density at radius 1 is 1.15 bits per heavy atom. The molecule has 0 spiro atoms. The van der Waals surface area contributed by atoms with Crippen LogP contribution in [0.1, 0.15) is 56.9 Å². The number of methoxy groups -OCH3 is 1. The van der Waals surface area contributed by atoms with Crippen molar-refractivity contribution < 1.29 is 14.3 Å². The van der Waals surface area contributed by atoms with E-state index in [1.54, 1.807) is 7.11 Å². The minimum atomic E-state index is -0.00532. The molecule has 2 aliphatic rings. The van der Waals surface area contributed by atoms with Crippen molar-refractivity contribution in [1.82, 2.24) is 4.90 Å². The highest BCUT2D eigenvalue weighted by Gasteiger charge is 2.36. The fourth-order valence-corrected chi connectivity index (χ4v) is 4.60. The molecular formula is C22H33NO3. The van der Waals surface area contributed by atoms with E-state index in [1.165, 1.54) is 32.1 Å². The predicted molar refractivity (Wildman–Crippen MR) is 103 cm³/mol. The van der Waals surface area contributed by atoms with Crippen LogP contribution in [0.15, 0.2) is 24.3 Å². The van der Waals surface area contributed by atoms with Crippen LogP contribution in [0.4, 0.5) is 0 Å². The first kappa shape index (κ1) is 19.2. The van der Waals surface area contributed by atoms with Gasteiger partial charge in [-0.05, 0) is 62.1 Å². The normalized spacial score (nSPS) is 22.4. The molecule has 4 nitrogen and oxygen atoms in total. The molecule has 0 bridgehead atoms. The second-order valence-electron chi connectivity index (χ2n) is 7.75. The fraction of sp³-hybridized carbons (Fsp3) is 0.682. The van der Waals surface area contributed by atoms with Crippen LogP contribution in [0.5, 0.6) is 5.75 Å². The lowest BCUT2D eigenvalue weighted by Crippen LogP contribution is -2.44. The molecular weight excluding hydrogens is 326 g/mol. The van der Waals surface area contributed by atoms with Crippen molar-refractivity contribution in [1.29, 1.82) is 0 Å². The molecule has 0 aromatic heterocycles. The number of carbonyl (C=O) groups excluding carboxylic acids is 1. The molecule has 1 saturated carbocycles. The number of hydrogen-bond acceptors (Lipinski definition) is 3. The van der Waals surface area contributed by atoms with Gasteiger partial charge in [0.15, 0.2) is 0 Å². The summed E-state index contributed by atoms with van der Waals surface area (Å²) in [6, 6.07) is 8.14. The van der Waals surface area contributed by atoms with E-state index in [4.69, 9.17) is 9.47 Å². The third-order valence-electron chi connectivity index (χ3n) is 6.00. The number of rotatable bonds is 7. The lowest BCUT2D eigenvalue weighted by molar-refractivity contribution is -0.136. The Balaban J connectivity index is 1.75. The van der Waals surface area contributed by atoms with E-state index in [1.807, 2.05) is 19.1 Å². The summed E-state index contributed by atoms with van der Waals surface area (Å²) >= 11 is 0. The SMILES string of the molecule is CCOCC1CCCN(C(=O)C(c2ccc(OC)cc2)C2CCCC2)C1. The summed E-state index contributed by atoms with van der Waals surface area (Å²) < 4.78 is 10.9. The van der Waals surface area contributed by atoms with Crippen LogP contribution < -0.4 is 4.74 Å². The summed E-state index contributed by atoms with van der Waals surface area (Å²) in [6.45, 7) is 5.29. The van der Waals surface area contributed by atoms with Crippen molar-refractivity contribution in [3.8, 4) is 5.75 Å². The molecule has 1 amide bonds. The molecule has 1 saturated heterocycles. The minimum absolute atomic E-state index is 0.00532. The lowest BCUT2D eigenvalue weighted by Gasteiger charge is -2.36. The summed E-state index contributed by atoms with van der Waals surface area (Å²) in [4.78, 5) is 15.6. The molecule has 2 unspecified atom stereocenters. The summed E-state index contributed by atoms with van der Waals surface area (Å²) in [5.74, 6) is 2.12. The molecule has 0 N–H and O–H groups in total. The number of amides is 1. The predicted octanol–water partition coefficient (Wildman–Crippen LogP) is 4.24. The van der Waals surface area contributed by atoms with Gasteiger partial charge in [0.2, 0.25) is 5.91 Å². The maximum absolute atomic E-state index is 13.5. The Bertz CT molecular complexity index is 565. The van der Waals surface area contributed by atoms with Crippen LogP contribution in [0.3, 0.4) is 0 Å². The van der Waals surface area contributed by atoms with Gasteiger partial charge >= 0.3 is 0 Å². The summed E-state index contributed by atoms with van der Waals surface area (Å²) in [7, 11) is 1.68. The molecule has 3 rings (SSSR count). The lowest BCUT2D eigenvalue weighted by atomic mass is 9.83. The Kier molecular flexibility index (Phi) is 6.95. The standard InChI is InChI=1S/C22H33NO3/c1-3-26-16-17-7-6-14-23(15-17)22(24)21(18-8-4-5-9-18)19-10-12-20(25-2)13-11-19/h10-13,17-18,21H,3-9,14-16H2,1-2H3. The van der Waals surface area contributed by atoms with Gasteiger partial charge < -0.3 is 14.4 Å². The number of nitrogens with zero attached hydrogens (tertiary/aromatic N) is 1. The van der Waals surface area contributed by atoms with E-state index in [9.17, 15) is 4.79 Å². The maximum atomic E-state index is 13.5.